The zero-order valence-electron chi connectivity index (χ0n) is 6.93. The summed E-state index contributed by atoms with van der Waals surface area (Å²) < 4.78 is 24.0. The zero-order chi connectivity index (χ0) is 9.14. The van der Waals surface area contributed by atoms with Gasteiger partial charge in [-0.05, 0) is 18.6 Å². The van der Waals surface area contributed by atoms with Crippen molar-refractivity contribution in [3.8, 4) is 0 Å². The Bertz CT molecular complexity index is 241. The third-order valence-corrected chi connectivity index (χ3v) is 1.60. The summed E-state index contributed by atoms with van der Waals surface area (Å²) in [5.41, 5.74) is 1.57. The third kappa shape index (κ3) is 2.19. The van der Waals surface area contributed by atoms with E-state index in [2.05, 4.69) is 6.58 Å². The second-order valence-electron chi connectivity index (χ2n) is 2.74. The molecule has 1 aliphatic heterocycles. The molecule has 0 aromatic heterocycles. The summed E-state index contributed by atoms with van der Waals surface area (Å²) in [4.78, 5) is 1.46. The molecular weight excluding hydrogens is 160 g/mol. The van der Waals surface area contributed by atoms with Crippen LogP contribution in [0.1, 0.15) is 6.92 Å². The van der Waals surface area contributed by atoms with Gasteiger partial charge in [0.25, 0.3) is 6.43 Å². The van der Waals surface area contributed by atoms with Gasteiger partial charge >= 0.3 is 0 Å². The molecule has 0 bridgehead atoms. The maximum absolute atomic E-state index is 12.0. The average Bonchev–Trinajstić information content (AvgIpc) is 1.96. The van der Waals surface area contributed by atoms with Crippen molar-refractivity contribution in [2.24, 2.45) is 0 Å². The maximum atomic E-state index is 12.0. The first-order chi connectivity index (χ1) is 5.59. The van der Waals surface area contributed by atoms with Gasteiger partial charge in [0.05, 0.1) is 6.54 Å². The molecule has 3 heteroatoms. The summed E-state index contributed by atoms with van der Waals surface area (Å²) in [5.74, 6) is 0. The largest absolute Gasteiger partial charge is 0.342 e. The molecule has 0 saturated carbocycles. The van der Waals surface area contributed by atoms with Gasteiger partial charge in [0.1, 0.15) is 0 Å². The van der Waals surface area contributed by atoms with Gasteiger partial charge in [-0.1, -0.05) is 12.7 Å². The predicted octanol–water partition coefficient (Wildman–Crippen LogP) is 2.54. The first-order valence-electron chi connectivity index (χ1n) is 3.70. The summed E-state index contributed by atoms with van der Waals surface area (Å²) >= 11 is 0. The maximum Gasteiger partial charge on any atom is 0.256 e. The molecule has 0 N–H and O–H groups in total. The number of hydrogen-bond donors (Lipinski definition) is 0. The van der Waals surface area contributed by atoms with Crippen LogP contribution in [0.2, 0.25) is 0 Å². The molecule has 1 aliphatic rings. The molecule has 0 fully saturated rings. The molecule has 0 aromatic carbocycles. The van der Waals surface area contributed by atoms with Crippen LogP contribution in [0, 0.1) is 0 Å². The molecule has 0 unspecified atom stereocenters. The van der Waals surface area contributed by atoms with Crippen molar-refractivity contribution in [1.29, 1.82) is 0 Å². The minimum Gasteiger partial charge on any atom is -0.342 e. The van der Waals surface area contributed by atoms with E-state index in [0.717, 1.165) is 5.57 Å². The van der Waals surface area contributed by atoms with Gasteiger partial charge in [0.15, 0.2) is 0 Å². The highest BCUT2D eigenvalue weighted by molar-refractivity contribution is 5.31. The number of alkyl halides is 2. The van der Waals surface area contributed by atoms with Crippen LogP contribution in [0.15, 0.2) is 36.2 Å². The van der Waals surface area contributed by atoms with Crippen LogP contribution in [0.5, 0.6) is 0 Å². The molecule has 1 rings (SSSR count). The fourth-order valence-corrected chi connectivity index (χ4v) is 1.01. The van der Waals surface area contributed by atoms with Gasteiger partial charge in [-0.25, -0.2) is 8.78 Å². The second-order valence-corrected chi connectivity index (χ2v) is 2.74. The minimum absolute atomic E-state index is 0.277. The fraction of sp³-hybridized carbons (Fsp3) is 0.333. The molecule has 0 spiro atoms. The number of halogens is 2. The molecule has 0 atom stereocenters. The lowest BCUT2D eigenvalue weighted by atomic mass is 10.2. The van der Waals surface area contributed by atoms with E-state index in [1.165, 1.54) is 4.90 Å². The van der Waals surface area contributed by atoms with Crippen LogP contribution in [0.25, 0.3) is 0 Å². The molecule has 12 heavy (non-hydrogen) atoms. The number of rotatable bonds is 2. The highest BCUT2D eigenvalue weighted by Gasteiger charge is 2.12. The van der Waals surface area contributed by atoms with Crippen LogP contribution in [0.3, 0.4) is 0 Å². The SMILES string of the molecule is C=C1C=CC(C)=CN1CC(F)F. The first-order valence-corrected chi connectivity index (χ1v) is 3.70. The number of nitrogens with zero attached hydrogens (tertiary/aromatic N) is 1. The second kappa shape index (κ2) is 3.52. The molecule has 0 aromatic rings. The van der Waals surface area contributed by atoms with Crippen molar-refractivity contribution in [2.45, 2.75) is 13.3 Å². The molecule has 0 radical (unpaired) electrons. The molecule has 1 nitrogen and oxygen atoms in total. The molecule has 0 amide bonds. The smallest absolute Gasteiger partial charge is 0.256 e. The van der Waals surface area contributed by atoms with Crippen LogP contribution in [0.4, 0.5) is 8.78 Å². The van der Waals surface area contributed by atoms with Crippen molar-refractivity contribution in [2.75, 3.05) is 6.54 Å². The van der Waals surface area contributed by atoms with Crippen molar-refractivity contribution in [3.05, 3.63) is 36.2 Å². The lowest BCUT2D eigenvalue weighted by Crippen LogP contribution is -2.23. The highest BCUT2D eigenvalue weighted by Crippen LogP contribution is 2.15. The number of hydrogen-bond acceptors (Lipinski definition) is 1. The monoisotopic (exact) mass is 171 g/mol. The van der Waals surface area contributed by atoms with Gasteiger partial charge in [-0.2, -0.15) is 0 Å². The lowest BCUT2D eigenvalue weighted by Gasteiger charge is -2.23. The van der Waals surface area contributed by atoms with Gasteiger partial charge < -0.3 is 4.90 Å². The summed E-state index contributed by atoms with van der Waals surface area (Å²) in [6, 6.07) is 0. The highest BCUT2D eigenvalue weighted by atomic mass is 19.3. The van der Waals surface area contributed by atoms with E-state index in [0.29, 0.717) is 5.70 Å². The Morgan fingerprint density at radius 3 is 2.75 bits per heavy atom. The topological polar surface area (TPSA) is 3.24 Å². The quantitative estimate of drug-likeness (QED) is 0.617. The molecule has 66 valence electrons. The van der Waals surface area contributed by atoms with E-state index in [1.807, 2.05) is 13.0 Å². The Hall–Kier alpha value is -1.12. The Morgan fingerprint density at radius 1 is 1.50 bits per heavy atom. The molecule has 0 aliphatic carbocycles. The number of allylic oxidation sites excluding steroid dienone is 3. The Kier molecular flexibility index (Phi) is 2.63. The van der Waals surface area contributed by atoms with Crippen LogP contribution in [-0.4, -0.2) is 17.9 Å². The molecule has 1 heterocycles. The van der Waals surface area contributed by atoms with Crippen LogP contribution in [-0.2, 0) is 0 Å². The normalized spacial score (nSPS) is 17.2. The van der Waals surface area contributed by atoms with Gasteiger partial charge in [0.2, 0.25) is 0 Å². The first kappa shape index (κ1) is 8.97. The van der Waals surface area contributed by atoms with Crippen LogP contribution >= 0.6 is 0 Å². The van der Waals surface area contributed by atoms with E-state index >= 15 is 0 Å². The van der Waals surface area contributed by atoms with Gasteiger partial charge in [-0.15, -0.1) is 0 Å². The van der Waals surface area contributed by atoms with E-state index in [9.17, 15) is 8.78 Å². The lowest BCUT2D eigenvalue weighted by molar-refractivity contribution is 0.120. The predicted molar refractivity (Wildman–Crippen MR) is 44.7 cm³/mol. The van der Waals surface area contributed by atoms with Crippen molar-refractivity contribution in [3.63, 3.8) is 0 Å². The van der Waals surface area contributed by atoms with Crippen molar-refractivity contribution >= 4 is 0 Å². The molecule has 0 saturated heterocycles. The van der Waals surface area contributed by atoms with E-state index in [1.54, 1.807) is 12.3 Å². The fourth-order valence-electron chi connectivity index (χ4n) is 1.01. The Labute approximate surface area is 70.7 Å². The zero-order valence-corrected chi connectivity index (χ0v) is 6.93. The minimum atomic E-state index is -2.32. The average molecular weight is 171 g/mol. The Morgan fingerprint density at radius 2 is 2.17 bits per heavy atom. The Balaban J connectivity index is 2.65. The van der Waals surface area contributed by atoms with E-state index in [-0.39, 0.29) is 6.54 Å². The summed E-state index contributed by atoms with van der Waals surface area (Å²) in [6.07, 6.45) is 2.94. The van der Waals surface area contributed by atoms with Gasteiger partial charge in [0, 0.05) is 11.9 Å². The summed E-state index contributed by atoms with van der Waals surface area (Å²) in [5, 5.41) is 0. The standard InChI is InChI=1S/C9H11F2N/c1-7-3-4-8(2)12(5-7)6-9(10)11/h3-5,9H,2,6H2,1H3. The van der Waals surface area contributed by atoms with Crippen molar-refractivity contribution in [1.82, 2.24) is 4.90 Å². The van der Waals surface area contributed by atoms with E-state index in [4.69, 9.17) is 0 Å². The summed E-state index contributed by atoms with van der Waals surface area (Å²) in [7, 11) is 0. The van der Waals surface area contributed by atoms with Crippen molar-refractivity contribution < 1.29 is 8.78 Å². The third-order valence-electron chi connectivity index (χ3n) is 1.60. The van der Waals surface area contributed by atoms with E-state index < -0.39 is 6.43 Å². The van der Waals surface area contributed by atoms with Crippen LogP contribution < -0.4 is 0 Å². The summed E-state index contributed by atoms with van der Waals surface area (Å²) in [6.45, 7) is 5.23. The van der Waals surface area contributed by atoms with Gasteiger partial charge in [-0.3, -0.25) is 0 Å². The molecular formula is C9H11F2N.